The van der Waals surface area contributed by atoms with E-state index in [1.54, 1.807) is 36.4 Å². The molecule has 0 radical (unpaired) electrons. The van der Waals surface area contributed by atoms with Crippen LogP contribution >= 0.6 is 23.2 Å². The van der Waals surface area contributed by atoms with Gasteiger partial charge in [0.25, 0.3) is 10.0 Å². The Labute approximate surface area is 209 Å². The van der Waals surface area contributed by atoms with Crippen molar-refractivity contribution in [2.45, 2.75) is 11.8 Å². The van der Waals surface area contributed by atoms with Crippen LogP contribution in [0.15, 0.2) is 71.6 Å². The number of aryl methyl sites for hydroxylation is 1. The van der Waals surface area contributed by atoms with Crippen molar-refractivity contribution in [2.75, 3.05) is 31.1 Å². The second-order valence-corrected chi connectivity index (χ2v) is 9.93. The van der Waals surface area contributed by atoms with Crippen molar-refractivity contribution < 1.29 is 22.7 Å². The van der Waals surface area contributed by atoms with E-state index in [9.17, 15) is 13.2 Å². The zero-order valence-corrected chi connectivity index (χ0v) is 21.0. The predicted molar refractivity (Wildman–Crippen MR) is 134 cm³/mol. The number of nitrogens with one attached hydrogen (secondary N) is 1. The molecule has 3 aromatic carbocycles. The third-order valence-electron chi connectivity index (χ3n) is 4.88. The second-order valence-electron chi connectivity index (χ2n) is 7.25. The van der Waals surface area contributed by atoms with E-state index in [2.05, 4.69) is 5.32 Å². The molecule has 0 atom stereocenters. The molecular formula is C24H24Cl2N2O5S. The Morgan fingerprint density at radius 2 is 1.74 bits per heavy atom. The van der Waals surface area contributed by atoms with Gasteiger partial charge in [-0.1, -0.05) is 47.5 Å². The Kier molecular flexibility index (Phi) is 8.66. The van der Waals surface area contributed by atoms with Crippen LogP contribution in [0.1, 0.15) is 5.56 Å². The molecule has 10 heteroatoms. The van der Waals surface area contributed by atoms with Gasteiger partial charge in [-0.3, -0.25) is 9.10 Å². The van der Waals surface area contributed by atoms with Crippen LogP contribution in [-0.4, -0.2) is 41.1 Å². The Morgan fingerprint density at radius 3 is 2.38 bits per heavy atom. The molecule has 0 aliphatic heterocycles. The lowest BCUT2D eigenvalue weighted by Crippen LogP contribution is -2.41. The molecular weight excluding hydrogens is 499 g/mol. The lowest BCUT2D eigenvalue weighted by molar-refractivity contribution is -0.119. The van der Waals surface area contributed by atoms with Crippen LogP contribution in [0.25, 0.3) is 0 Å². The Bertz CT molecular complexity index is 1250. The second kappa shape index (κ2) is 11.5. The molecule has 3 rings (SSSR count). The van der Waals surface area contributed by atoms with Crippen molar-refractivity contribution in [2.24, 2.45) is 0 Å². The minimum absolute atomic E-state index is 0.0503. The van der Waals surface area contributed by atoms with E-state index in [1.165, 1.54) is 31.4 Å². The van der Waals surface area contributed by atoms with Gasteiger partial charge in [-0.15, -0.1) is 0 Å². The van der Waals surface area contributed by atoms with Gasteiger partial charge in [0.2, 0.25) is 5.91 Å². The lowest BCUT2D eigenvalue weighted by Gasteiger charge is -2.24. The molecule has 0 fully saturated rings. The Hall–Kier alpha value is -2.94. The maximum Gasteiger partial charge on any atom is 0.264 e. The summed E-state index contributed by atoms with van der Waals surface area (Å²) in [7, 11) is -2.58. The number of halogens is 2. The van der Waals surface area contributed by atoms with Gasteiger partial charge < -0.3 is 14.8 Å². The van der Waals surface area contributed by atoms with Crippen LogP contribution in [0.3, 0.4) is 0 Å². The lowest BCUT2D eigenvalue weighted by atomic mass is 10.2. The number of carbonyl (C=O) groups excluding carboxylic acids is 1. The first-order valence-electron chi connectivity index (χ1n) is 10.3. The normalized spacial score (nSPS) is 11.1. The highest BCUT2D eigenvalue weighted by Gasteiger charge is 2.27. The average Bonchev–Trinajstić information content (AvgIpc) is 2.83. The molecule has 0 spiro atoms. The summed E-state index contributed by atoms with van der Waals surface area (Å²) in [6.07, 6.45) is 0. The van der Waals surface area contributed by atoms with Crippen LogP contribution < -0.4 is 19.1 Å². The first-order chi connectivity index (χ1) is 16.2. The summed E-state index contributed by atoms with van der Waals surface area (Å²) in [5.41, 5.74) is 1.16. The molecule has 0 saturated heterocycles. The number of amides is 1. The van der Waals surface area contributed by atoms with E-state index in [-0.39, 0.29) is 28.8 Å². The van der Waals surface area contributed by atoms with Crippen LogP contribution in [0.5, 0.6) is 11.5 Å². The van der Waals surface area contributed by atoms with Crippen molar-refractivity contribution >= 4 is 44.8 Å². The van der Waals surface area contributed by atoms with E-state index >= 15 is 0 Å². The molecule has 0 saturated carbocycles. The van der Waals surface area contributed by atoms with Gasteiger partial charge >= 0.3 is 0 Å². The number of rotatable bonds is 10. The van der Waals surface area contributed by atoms with Gasteiger partial charge in [-0.05, 0) is 55.0 Å². The van der Waals surface area contributed by atoms with Gasteiger partial charge in [-0.25, -0.2) is 8.42 Å². The largest absolute Gasteiger partial charge is 0.495 e. The summed E-state index contributed by atoms with van der Waals surface area (Å²) in [5, 5.41) is 3.48. The zero-order chi connectivity index (χ0) is 24.7. The van der Waals surface area contributed by atoms with Crippen LogP contribution in [0.4, 0.5) is 5.69 Å². The number of methoxy groups -OCH3 is 1. The zero-order valence-electron chi connectivity index (χ0n) is 18.6. The molecule has 0 bridgehead atoms. The number of nitrogens with zero attached hydrogens (tertiary/aromatic N) is 1. The highest BCUT2D eigenvalue weighted by atomic mass is 35.5. The molecule has 1 amide bonds. The molecule has 0 aliphatic rings. The SMILES string of the molecule is COc1ccc(N(CC(=O)NCCOc2ccc(C)c(Cl)c2)S(=O)(=O)c2ccccc2)cc1Cl. The van der Waals surface area contributed by atoms with E-state index in [0.29, 0.717) is 16.5 Å². The fourth-order valence-electron chi connectivity index (χ4n) is 3.05. The number of hydrogen-bond acceptors (Lipinski definition) is 5. The Balaban J connectivity index is 1.72. The topological polar surface area (TPSA) is 84.9 Å². The fraction of sp³-hybridized carbons (Fsp3) is 0.208. The molecule has 0 heterocycles. The predicted octanol–water partition coefficient (Wildman–Crippen LogP) is 4.70. The smallest absolute Gasteiger partial charge is 0.264 e. The molecule has 0 aliphatic carbocycles. The minimum Gasteiger partial charge on any atom is -0.495 e. The van der Waals surface area contributed by atoms with E-state index in [4.69, 9.17) is 32.7 Å². The van der Waals surface area contributed by atoms with Gasteiger partial charge in [0, 0.05) is 5.02 Å². The van der Waals surface area contributed by atoms with Crippen molar-refractivity contribution in [3.05, 3.63) is 82.3 Å². The highest BCUT2D eigenvalue weighted by molar-refractivity contribution is 7.92. The highest BCUT2D eigenvalue weighted by Crippen LogP contribution is 2.31. The minimum atomic E-state index is -4.04. The molecule has 1 N–H and O–H groups in total. The molecule has 0 aromatic heterocycles. The molecule has 180 valence electrons. The van der Waals surface area contributed by atoms with E-state index in [1.807, 2.05) is 13.0 Å². The first kappa shape index (κ1) is 25.7. The molecule has 7 nitrogen and oxygen atoms in total. The first-order valence-corrected chi connectivity index (χ1v) is 12.5. The third kappa shape index (κ3) is 6.34. The van der Waals surface area contributed by atoms with Gasteiger partial charge in [-0.2, -0.15) is 0 Å². The summed E-state index contributed by atoms with van der Waals surface area (Å²) < 4.78 is 38.4. The fourth-order valence-corrected chi connectivity index (χ4v) is 4.91. The maximum atomic E-state index is 13.3. The standard InChI is InChI=1S/C24H24Cl2N2O5S/c1-17-8-10-19(15-21(17)25)33-13-12-27-24(29)16-28(18-9-11-23(32-2)22(26)14-18)34(30,31)20-6-4-3-5-7-20/h3-11,14-15H,12-13,16H2,1-2H3,(H,27,29). The maximum absolute atomic E-state index is 13.3. The summed E-state index contributed by atoms with van der Waals surface area (Å²) in [6.45, 7) is 1.80. The van der Waals surface area contributed by atoms with Gasteiger partial charge in [0.1, 0.15) is 24.7 Å². The number of ether oxygens (including phenoxy) is 2. The summed E-state index contributed by atoms with van der Waals surface area (Å²) in [4.78, 5) is 12.7. The van der Waals surface area contributed by atoms with E-state index in [0.717, 1.165) is 9.87 Å². The summed E-state index contributed by atoms with van der Waals surface area (Å²) in [6, 6.07) is 17.7. The van der Waals surface area contributed by atoms with Crippen molar-refractivity contribution in [3.63, 3.8) is 0 Å². The van der Waals surface area contributed by atoms with Gasteiger partial charge in [0.15, 0.2) is 0 Å². The van der Waals surface area contributed by atoms with Gasteiger partial charge in [0.05, 0.1) is 29.3 Å². The quantitative estimate of drug-likeness (QED) is 0.390. The average molecular weight is 523 g/mol. The number of sulfonamides is 1. The van der Waals surface area contributed by atoms with Crippen molar-refractivity contribution in [1.29, 1.82) is 0 Å². The van der Waals surface area contributed by atoms with Crippen LogP contribution in [-0.2, 0) is 14.8 Å². The van der Waals surface area contributed by atoms with E-state index < -0.39 is 22.5 Å². The third-order valence-corrected chi connectivity index (χ3v) is 7.37. The summed E-state index contributed by atoms with van der Waals surface area (Å²) in [5.74, 6) is 0.461. The van der Waals surface area contributed by atoms with Crippen molar-refractivity contribution in [3.8, 4) is 11.5 Å². The summed E-state index contributed by atoms with van der Waals surface area (Å²) >= 11 is 12.3. The number of anilines is 1. The molecule has 34 heavy (non-hydrogen) atoms. The molecule has 0 unspecified atom stereocenters. The van der Waals surface area contributed by atoms with Crippen molar-refractivity contribution in [1.82, 2.24) is 5.32 Å². The Morgan fingerprint density at radius 1 is 1.00 bits per heavy atom. The monoisotopic (exact) mass is 522 g/mol. The molecule has 3 aromatic rings. The van der Waals surface area contributed by atoms with Crippen LogP contribution in [0, 0.1) is 6.92 Å². The number of carbonyl (C=O) groups is 1. The number of benzene rings is 3. The number of hydrogen-bond donors (Lipinski definition) is 1. The van der Waals surface area contributed by atoms with Crippen LogP contribution in [0.2, 0.25) is 10.0 Å².